The molecule has 0 amide bonds. The van der Waals surface area contributed by atoms with E-state index >= 15 is 0 Å². The molecule has 4 heteroatoms. The molecule has 0 aliphatic carbocycles. The highest BCUT2D eigenvalue weighted by Crippen LogP contribution is 2.18. The lowest BCUT2D eigenvalue weighted by atomic mass is 9.99. The molecule has 1 aromatic carbocycles. The Bertz CT molecular complexity index is 617. The lowest BCUT2D eigenvalue weighted by molar-refractivity contribution is 0.185. The number of aromatic nitrogens is 2. The second-order valence-electron chi connectivity index (χ2n) is 7.29. The standard InChI is InChI=1S/C20H30N4/c1-15-8-10-24(11-9-15)14-19-6-4-18(5-7-19)12-21-13-20-16(2)22-23-17(20)3/h4-7,15,21H,8-14H2,1-3H3,(H,22,23). The molecular weight excluding hydrogens is 296 g/mol. The second kappa shape index (κ2) is 7.95. The molecule has 2 heterocycles. The van der Waals surface area contributed by atoms with Crippen LogP contribution < -0.4 is 5.32 Å². The fourth-order valence-electron chi connectivity index (χ4n) is 3.41. The van der Waals surface area contributed by atoms with Crippen LogP contribution in [0.3, 0.4) is 0 Å². The Morgan fingerprint density at radius 1 is 1.08 bits per heavy atom. The Morgan fingerprint density at radius 2 is 1.75 bits per heavy atom. The molecule has 3 rings (SSSR count). The fraction of sp³-hybridized carbons (Fsp3) is 0.550. The number of nitrogens with one attached hydrogen (secondary N) is 2. The number of likely N-dealkylation sites (tertiary alicyclic amines) is 1. The zero-order chi connectivity index (χ0) is 16.9. The molecule has 0 unspecified atom stereocenters. The van der Waals surface area contributed by atoms with E-state index in [0.29, 0.717) is 0 Å². The summed E-state index contributed by atoms with van der Waals surface area (Å²) in [6.45, 7) is 11.8. The quantitative estimate of drug-likeness (QED) is 0.853. The molecule has 4 nitrogen and oxygen atoms in total. The zero-order valence-corrected chi connectivity index (χ0v) is 15.2. The molecule has 1 aromatic heterocycles. The highest BCUT2D eigenvalue weighted by Gasteiger charge is 2.15. The number of aryl methyl sites for hydroxylation is 2. The molecular formula is C20H30N4. The highest BCUT2D eigenvalue weighted by molar-refractivity contribution is 5.24. The van der Waals surface area contributed by atoms with Crippen molar-refractivity contribution in [2.45, 2.75) is 53.2 Å². The van der Waals surface area contributed by atoms with Crippen LogP contribution in [0.25, 0.3) is 0 Å². The smallest absolute Gasteiger partial charge is 0.0638 e. The molecule has 1 saturated heterocycles. The summed E-state index contributed by atoms with van der Waals surface area (Å²) in [5.41, 5.74) is 6.29. The van der Waals surface area contributed by atoms with Gasteiger partial charge in [-0.1, -0.05) is 31.2 Å². The van der Waals surface area contributed by atoms with Crippen LogP contribution in [0.5, 0.6) is 0 Å². The number of aromatic amines is 1. The molecule has 0 atom stereocenters. The zero-order valence-electron chi connectivity index (χ0n) is 15.2. The van der Waals surface area contributed by atoms with Gasteiger partial charge < -0.3 is 5.32 Å². The van der Waals surface area contributed by atoms with E-state index in [0.717, 1.165) is 36.9 Å². The van der Waals surface area contributed by atoms with Crippen molar-refractivity contribution in [3.05, 3.63) is 52.3 Å². The Morgan fingerprint density at radius 3 is 2.38 bits per heavy atom. The van der Waals surface area contributed by atoms with Gasteiger partial charge in [-0.05, 0) is 56.8 Å². The van der Waals surface area contributed by atoms with Crippen molar-refractivity contribution in [2.75, 3.05) is 13.1 Å². The number of nitrogens with zero attached hydrogens (tertiary/aromatic N) is 2. The summed E-state index contributed by atoms with van der Waals surface area (Å²) in [5, 5.41) is 10.8. The molecule has 2 N–H and O–H groups in total. The van der Waals surface area contributed by atoms with E-state index in [9.17, 15) is 0 Å². The number of benzene rings is 1. The highest BCUT2D eigenvalue weighted by atomic mass is 15.1. The molecule has 24 heavy (non-hydrogen) atoms. The van der Waals surface area contributed by atoms with Crippen molar-refractivity contribution in [1.29, 1.82) is 0 Å². The second-order valence-corrected chi connectivity index (χ2v) is 7.29. The van der Waals surface area contributed by atoms with Crippen molar-refractivity contribution in [3.63, 3.8) is 0 Å². The Hall–Kier alpha value is -1.65. The van der Waals surface area contributed by atoms with Gasteiger partial charge in [-0.25, -0.2) is 0 Å². The van der Waals surface area contributed by atoms with Gasteiger partial charge in [0.25, 0.3) is 0 Å². The first kappa shape index (κ1) is 17.2. The van der Waals surface area contributed by atoms with Gasteiger partial charge in [0.15, 0.2) is 0 Å². The van der Waals surface area contributed by atoms with Crippen LogP contribution in [0.2, 0.25) is 0 Å². The van der Waals surface area contributed by atoms with E-state index in [1.807, 2.05) is 0 Å². The average Bonchev–Trinajstić information content (AvgIpc) is 2.90. The first-order valence-corrected chi connectivity index (χ1v) is 9.13. The van der Waals surface area contributed by atoms with Crippen molar-refractivity contribution in [2.24, 2.45) is 5.92 Å². The Labute approximate surface area is 145 Å². The minimum absolute atomic E-state index is 0.863. The van der Waals surface area contributed by atoms with Crippen LogP contribution in [0.1, 0.15) is 47.8 Å². The van der Waals surface area contributed by atoms with Gasteiger partial charge in [-0.15, -0.1) is 0 Å². The lowest BCUT2D eigenvalue weighted by Gasteiger charge is -2.30. The van der Waals surface area contributed by atoms with E-state index in [2.05, 4.69) is 65.5 Å². The van der Waals surface area contributed by atoms with E-state index < -0.39 is 0 Å². The molecule has 0 spiro atoms. The van der Waals surface area contributed by atoms with E-state index in [-0.39, 0.29) is 0 Å². The molecule has 1 fully saturated rings. The number of piperidine rings is 1. The van der Waals surface area contributed by atoms with Gasteiger partial charge in [-0.2, -0.15) is 5.10 Å². The summed E-state index contributed by atoms with van der Waals surface area (Å²) in [4.78, 5) is 2.58. The van der Waals surface area contributed by atoms with Gasteiger partial charge in [0.05, 0.1) is 5.69 Å². The largest absolute Gasteiger partial charge is 0.308 e. The summed E-state index contributed by atoms with van der Waals surface area (Å²) in [6.07, 6.45) is 2.68. The minimum atomic E-state index is 0.863. The van der Waals surface area contributed by atoms with Crippen molar-refractivity contribution < 1.29 is 0 Å². The van der Waals surface area contributed by atoms with Gasteiger partial charge in [0.2, 0.25) is 0 Å². The summed E-state index contributed by atoms with van der Waals surface area (Å²) in [7, 11) is 0. The Balaban J connectivity index is 1.46. The summed E-state index contributed by atoms with van der Waals surface area (Å²) < 4.78 is 0. The average molecular weight is 326 g/mol. The SMILES string of the molecule is Cc1n[nH]c(C)c1CNCc1ccc(CN2CCC(C)CC2)cc1. The minimum Gasteiger partial charge on any atom is -0.308 e. The van der Waals surface area contributed by atoms with E-state index in [1.165, 1.54) is 42.6 Å². The summed E-state index contributed by atoms with van der Waals surface area (Å²) >= 11 is 0. The van der Waals surface area contributed by atoms with Crippen LogP contribution in [0.15, 0.2) is 24.3 Å². The van der Waals surface area contributed by atoms with E-state index in [4.69, 9.17) is 0 Å². The monoisotopic (exact) mass is 326 g/mol. The first-order valence-electron chi connectivity index (χ1n) is 9.13. The van der Waals surface area contributed by atoms with Gasteiger partial charge in [-0.3, -0.25) is 10.00 Å². The summed E-state index contributed by atoms with van der Waals surface area (Å²) in [6, 6.07) is 9.07. The molecule has 0 bridgehead atoms. The molecule has 1 aliphatic rings. The molecule has 0 radical (unpaired) electrons. The Kier molecular flexibility index (Phi) is 5.69. The van der Waals surface area contributed by atoms with Crippen LogP contribution in [-0.4, -0.2) is 28.2 Å². The normalized spacial score (nSPS) is 16.6. The molecule has 1 aliphatic heterocycles. The van der Waals surface area contributed by atoms with Crippen LogP contribution in [0, 0.1) is 19.8 Å². The maximum atomic E-state index is 4.24. The van der Waals surface area contributed by atoms with Crippen molar-refractivity contribution in [3.8, 4) is 0 Å². The van der Waals surface area contributed by atoms with Crippen LogP contribution >= 0.6 is 0 Å². The number of H-pyrrole nitrogens is 1. The first-order chi connectivity index (χ1) is 11.6. The third-order valence-electron chi connectivity index (χ3n) is 5.22. The van der Waals surface area contributed by atoms with Gasteiger partial charge >= 0.3 is 0 Å². The molecule has 2 aromatic rings. The summed E-state index contributed by atoms with van der Waals surface area (Å²) in [5.74, 6) is 0.900. The molecule has 130 valence electrons. The lowest BCUT2D eigenvalue weighted by Crippen LogP contribution is -2.32. The predicted octanol–water partition coefficient (Wildman–Crippen LogP) is 3.55. The fourth-order valence-corrected chi connectivity index (χ4v) is 3.41. The topological polar surface area (TPSA) is 44.0 Å². The van der Waals surface area contributed by atoms with Crippen molar-refractivity contribution in [1.82, 2.24) is 20.4 Å². The van der Waals surface area contributed by atoms with Crippen molar-refractivity contribution >= 4 is 0 Å². The third kappa shape index (κ3) is 4.46. The number of hydrogen-bond donors (Lipinski definition) is 2. The van der Waals surface area contributed by atoms with Gasteiger partial charge in [0, 0.05) is 30.9 Å². The predicted molar refractivity (Wildman–Crippen MR) is 98.7 cm³/mol. The maximum absolute atomic E-state index is 4.24. The van der Waals surface area contributed by atoms with Gasteiger partial charge in [0.1, 0.15) is 0 Å². The number of rotatable bonds is 6. The molecule has 0 saturated carbocycles. The van der Waals surface area contributed by atoms with Crippen LogP contribution in [0.4, 0.5) is 0 Å². The van der Waals surface area contributed by atoms with Crippen LogP contribution in [-0.2, 0) is 19.6 Å². The van der Waals surface area contributed by atoms with E-state index in [1.54, 1.807) is 0 Å². The number of hydrogen-bond acceptors (Lipinski definition) is 3. The third-order valence-corrected chi connectivity index (χ3v) is 5.22. The maximum Gasteiger partial charge on any atom is 0.0638 e.